The minimum Gasteiger partial charge on any atom is -0.463 e. The molecule has 0 radical (unpaired) electrons. The quantitative estimate of drug-likeness (QED) is 0.272. The number of hydrogen-bond acceptors (Lipinski definition) is 3. The maximum Gasteiger partial charge on any atom is 0.270 e. The van der Waals surface area contributed by atoms with Gasteiger partial charge in [-0.15, -0.1) is 0 Å². The molecule has 0 fully saturated rings. The second kappa shape index (κ2) is 10.5. The first-order valence-corrected chi connectivity index (χ1v) is 12.2. The zero-order valence-electron chi connectivity index (χ0n) is 20.5. The maximum atomic E-state index is 13.5. The van der Waals surface area contributed by atoms with E-state index >= 15 is 0 Å². The molecule has 2 aromatic heterocycles. The molecular formula is C31H29N3O2. The monoisotopic (exact) mass is 475 g/mol. The van der Waals surface area contributed by atoms with Crippen LogP contribution in [0.15, 0.2) is 108 Å². The number of nitrogens with one attached hydrogen (secondary N) is 1. The molecule has 0 saturated carbocycles. The van der Waals surface area contributed by atoms with E-state index in [-0.39, 0.29) is 11.8 Å². The van der Waals surface area contributed by atoms with E-state index < -0.39 is 0 Å². The molecule has 0 aliphatic carbocycles. The number of nitrogens with zero attached hydrogens (tertiary/aromatic N) is 2. The third-order valence-corrected chi connectivity index (χ3v) is 6.42. The number of aryl methyl sites for hydroxylation is 2. The molecule has 1 N–H and O–H groups in total. The molecule has 3 aromatic carbocycles. The molecule has 5 heteroatoms. The lowest BCUT2D eigenvalue weighted by molar-refractivity contribution is 0.0945. The van der Waals surface area contributed by atoms with Gasteiger partial charge in [-0.25, -0.2) is 4.68 Å². The first-order valence-electron chi connectivity index (χ1n) is 12.2. The van der Waals surface area contributed by atoms with Crippen LogP contribution in [-0.2, 0) is 0 Å². The van der Waals surface area contributed by atoms with Crippen LogP contribution >= 0.6 is 0 Å². The molecule has 0 aliphatic rings. The van der Waals surface area contributed by atoms with E-state index in [1.54, 1.807) is 17.0 Å². The Kier molecular flexibility index (Phi) is 6.80. The highest BCUT2D eigenvalue weighted by Crippen LogP contribution is 2.28. The van der Waals surface area contributed by atoms with Crippen LogP contribution in [0.5, 0.6) is 0 Å². The number of furan rings is 1. The molecule has 2 heterocycles. The highest BCUT2D eigenvalue weighted by molar-refractivity contribution is 5.94. The Morgan fingerprint density at radius 1 is 0.889 bits per heavy atom. The SMILES string of the molecule is Cc1ccc(-n2nc(-c3ccco3)cc2C(=O)NCCC(c2ccccc2)c2ccccc2)c(C)c1. The molecule has 0 aliphatic heterocycles. The lowest BCUT2D eigenvalue weighted by Gasteiger charge is -2.18. The van der Waals surface area contributed by atoms with E-state index in [0.29, 0.717) is 23.7 Å². The van der Waals surface area contributed by atoms with Crippen molar-refractivity contribution in [3.8, 4) is 17.1 Å². The minimum atomic E-state index is -0.167. The van der Waals surface area contributed by atoms with E-state index in [1.807, 2.05) is 43.3 Å². The van der Waals surface area contributed by atoms with Crippen LogP contribution in [0.1, 0.15) is 45.1 Å². The third-order valence-electron chi connectivity index (χ3n) is 6.42. The number of benzene rings is 3. The maximum absolute atomic E-state index is 13.5. The second-order valence-corrected chi connectivity index (χ2v) is 9.01. The van der Waals surface area contributed by atoms with Gasteiger partial charge in [-0.2, -0.15) is 5.10 Å². The molecule has 5 nitrogen and oxygen atoms in total. The lowest BCUT2D eigenvalue weighted by Crippen LogP contribution is -2.28. The van der Waals surface area contributed by atoms with E-state index in [2.05, 4.69) is 66.8 Å². The van der Waals surface area contributed by atoms with Gasteiger partial charge in [0.05, 0.1) is 12.0 Å². The number of rotatable bonds is 8. The summed E-state index contributed by atoms with van der Waals surface area (Å²) in [6.07, 6.45) is 2.39. The van der Waals surface area contributed by atoms with Gasteiger partial charge in [0, 0.05) is 18.5 Å². The van der Waals surface area contributed by atoms with Crippen molar-refractivity contribution in [2.24, 2.45) is 0 Å². The van der Waals surface area contributed by atoms with Gasteiger partial charge in [-0.1, -0.05) is 78.4 Å². The van der Waals surface area contributed by atoms with Crippen molar-refractivity contribution in [1.82, 2.24) is 15.1 Å². The van der Waals surface area contributed by atoms with Crippen molar-refractivity contribution in [1.29, 1.82) is 0 Å². The summed E-state index contributed by atoms with van der Waals surface area (Å²) < 4.78 is 7.27. The van der Waals surface area contributed by atoms with Crippen molar-refractivity contribution in [2.45, 2.75) is 26.2 Å². The van der Waals surface area contributed by atoms with E-state index in [4.69, 9.17) is 9.52 Å². The summed E-state index contributed by atoms with van der Waals surface area (Å²) >= 11 is 0. The van der Waals surface area contributed by atoms with Crippen LogP contribution in [0.25, 0.3) is 17.1 Å². The van der Waals surface area contributed by atoms with Gasteiger partial charge in [0.15, 0.2) is 5.76 Å². The highest BCUT2D eigenvalue weighted by atomic mass is 16.3. The van der Waals surface area contributed by atoms with Gasteiger partial charge < -0.3 is 9.73 Å². The van der Waals surface area contributed by atoms with Crippen LogP contribution in [0.4, 0.5) is 0 Å². The Morgan fingerprint density at radius 3 is 2.19 bits per heavy atom. The molecular weight excluding hydrogens is 446 g/mol. The third kappa shape index (κ3) is 5.01. The number of amides is 1. The molecule has 0 unspecified atom stereocenters. The summed E-state index contributed by atoms with van der Waals surface area (Å²) in [6.45, 7) is 4.61. The van der Waals surface area contributed by atoms with Crippen molar-refractivity contribution < 1.29 is 9.21 Å². The van der Waals surface area contributed by atoms with Crippen LogP contribution in [0.2, 0.25) is 0 Å². The molecule has 1 amide bonds. The predicted molar refractivity (Wildman–Crippen MR) is 142 cm³/mol. The normalized spacial score (nSPS) is 11.1. The van der Waals surface area contributed by atoms with Gasteiger partial charge in [-0.3, -0.25) is 4.79 Å². The van der Waals surface area contributed by atoms with Gasteiger partial charge in [0.25, 0.3) is 5.91 Å². The van der Waals surface area contributed by atoms with Crippen molar-refractivity contribution >= 4 is 5.91 Å². The first kappa shape index (κ1) is 23.4. The van der Waals surface area contributed by atoms with E-state index in [0.717, 1.165) is 23.2 Å². The predicted octanol–water partition coefficient (Wildman–Crippen LogP) is 6.70. The summed E-state index contributed by atoms with van der Waals surface area (Å²) in [5.74, 6) is 0.650. The Bertz CT molecular complexity index is 1400. The number of carbonyl (C=O) groups excluding carboxylic acids is 1. The average molecular weight is 476 g/mol. The van der Waals surface area contributed by atoms with Crippen LogP contribution in [0.3, 0.4) is 0 Å². The van der Waals surface area contributed by atoms with Gasteiger partial charge >= 0.3 is 0 Å². The number of hydrogen-bond donors (Lipinski definition) is 1. The second-order valence-electron chi connectivity index (χ2n) is 9.01. The van der Waals surface area contributed by atoms with Gasteiger partial charge in [0.1, 0.15) is 11.4 Å². The molecule has 36 heavy (non-hydrogen) atoms. The highest BCUT2D eigenvalue weighted by Gasteiger charge is 2.21. The van der Waals surface area contributed by atoms with Crippen LogP contribution in [-0.4, -0.2) is 22.2 Å². The summed E-state index contributed by atoms with van der Waals surface area (Å²) in [5.41, 5.74) is 6.65. The lowest BCUT2D eigenvalue weighted by atomic mass is 9.88. The Morgan fingerprint density at radius 2 is 1.58 bits per heavy atom. The summed E-state index contributed by atoms with van der Waals surface area (Å²) in [7, 11) is 0. The summed E-state index contributed by atoms with van der Waals surface area (Å²) in [5, 5.41) is 7.87. The van der Waals surface area contributed by atoms with Gasteiger partial charge in [0.2, 0.25) is 0 Å². The zero-order chi connectivity index (χ0) is 24.9. The van der Waals surface area contributed by atoms with Crippen molar-refractivity contribution in [3.05, 3.63) is 131 Å². The molecule has 5 aromatic rings. The standard InChI is InChI=1S/C31H29N3O2/c1-22-15-16-28(23(2)20-22)34-29(21-27(33-34)30-14-9-19-36-30)31(35)32-18-17-26(24-10-5-3-6-11-24)25-12-7-4-8-13-25/h3-16,19-21,26H,17-18H2,1-2H3,(H,32,35). The molecule has 5 rings (SSSR count). The molecule has 0 saturated heterocycles. The van der Waals surface area contributed by atoms with Crippen molar-refractivity contribution in [2.75, 3.05) is 6.54 Å². The zero-order valence-corrected chi connectivity index (χ0v) is 20.5. The molecule has 0 bridgehead atoms. The first-order chi connectivity index (χ1) is 17.6. The summed E-state index contributed by atoms with van der Waals surface area (Å²) in [6, 6.07) is 32.4. The minimum absolute atomic E-state index is 0.167. The summed E-state index contributed by atoms with van der Waals surface area (Å²) in [4.78, 5) is 13.5. The van der Waals surface area contributed by atoms with Gasteiger partial charge in [-0.05, 0) is 55.2 Å². The fourth-order valence-corrected chi connectivity index (χ4v) is 4.63. The van der Waals surface area contributed by atoms with Crippen LogP contribution < -0.4 is 5.32 Å². The molecule has 180 valence electrons. The van der Waals surface area contributed by atoms with E-state index in [9.17, 15) is 4.79 Å². The Hall–Kier alpha value is -4.38. The Balaban J connectivity index is 1.40. The number of aromatic nitrogens is 2. The smallest absolute Gasteiger partial charge is 0.270 e. The fourth-order valence-electron chi connectivity index (χ4n) is 4.63. The molecule has 0 spiro atoms. The molecule has 0 atom stereocenters. The fraction of sp³-hybridized carbons (Fsp3) is 0.161. The topological polar surface area (TPSA) is 60.1 Å². The number of carbonyl (C=O) groups is 1. The van der Waals surface area contributed by atoms with E-state index in [1.165, 1.54) is 11.1 Å². The average Bonchev–Trinajstić information content (AvgIpc) is 3.58. The largest absolute Gasteiger partial charge is 0.463 e. The Labute approximate surface area is 211 Å². The van der Waals surface area contributed by atoms with Crippen LogP contribution in [0, 0.1) is 13.8 Å². The van der Waals surface area contributed by atoms with Crippen molar-refractivity contribution in [3.63, 3.8) is 0 Å².